The highest BCUT2D eigenvalue weighted by atomic mass is 28.4. The van der Waals surface area contributed by atoms with E-state index in [4.69, 9.17) is 9.16 Å². The van der Waals surface area contributed by atoms with Gasteiger partial charge < -0.3 is 14.3 Å². The molecule has 3 nitrogen and oxygen atoms in total. The molecule has 4 heteroatoms. The molecule has 0 aliphatic rings. The standard InChI is InChI=1S/C19H34O3Si/c1-15(2)23(16(3)4,17(5)6)22-14-19(20)13-21-12-18-10-8-7-9-11-18/h7-11,15-17,19-20H,12-14H2,1-6H3/t19-/m1/s1. The van der Waals surface area contributed by atoms with Crippen molar-refractivity contribution in [2.24, 2.45) is 0 Å². The molecule has 0 fully saturated rings. The average Bonchev–Trinajstić information content (AvgIpc) is 2.47. The van der Waals surface area contributed by atoms with Gasteiger partial charge in [0.2, 0.25) is 0 Å². The minimum absolute atomic E-state index is 0.313. The normalized spacial score (nSPS) is 14.0. The molecule has 1 atom stereocenters. The largest absolute Gasteiger partial charge is 0.413 e. The SMILES string of the molecule is CC(C)[Si](OC[C@H](O)COCc1ccccc1)(C(C)C)C(C)C. The highest BCUT2D eigenvalue weighted by Gasteiger charge is 2.45. The zero-order valence-electron chi connectivity index (χ0n) is 15.6. The molecule has 0 heterocycles. The van der Waals surface area contributed by atoms with Crippen LogP contribution in [0.15, 0.2) is 30.3 Å². The fourth-order valence-corrected chi connectivity index (χ4v) is 9.16. The van der Waals surface area contributed by atoms with E-state index < -0.39 is 14.4 Å². The number of benzene rings is 1. The van der Waals surface area contributed by atoms with E-state index in [0.717, 1.165) is 5.56 Å². The summed E-state index contributed by atoms with van der Waals surface area (Å²) in [6.45, 7) is 14.7. The Bertz CT molecular complexity index is 410. The molecule has 0 amide bonds. The molecule has 0 radical (unpaired) electrons. The fourth-order valence-electron chi connectivity index (χ4n) is 3.68. The van der Waals surface area contributed by atoms with Gasteiger partial charge in [0.25, 0.3) is 0 Å². The lowest BCUT2D eigenvalue weighted by atomic mass is 10.2. The Morgan fingerprint density at radius 3 is 1.87 bits per heavy atom. The van der Waals surface area contributed by atoms with Gasteiger partial charge in [0.1, 0.15) is 0 Å². The summed E-state index contributed by atoms with van der Waals surface area (Å²) in [7, 11) is -1.91. The third kappa shape index (κ3) is 5.71. The van der Waals surface area contributed by atoms with Crippen LogP contribution in [0.1, 0.15) is 47.1 Å². The Balaban J connectivity index is 2.47. The first kappa shape index (κ1) is 20.4. The molecular formula is C19H34O3Si. The smallest absolute Gasteiger partial charge is 0.200 e. The molecule has 0 saturated carbocycles. The molecule has 1 aromatic rings. The Hall–Kier alpha value is -0.683. The maximum atomic E-state index is 10.2. The van der Waals surface area contributed by atoms with Crippen molar-refractivity contribution in [3.63, 3.8) is 0 Å². The van der Waals surface area contributed by atoms with Gasteiger partial charge in [-0.2, -0.15) is 0 Å². The van der Waals surface area contributed by atoms with E-state index in [2.05, 4.69) is 41.5 Å². The molecule has 0 saturated heterocycles. The number of aliphatic hydroxyl groups is 1. The molecule has 0 aliphatic carbocycles. The van der Waals surface area contributed by atoms with Gasteiger partial charge >= 0.3 is 0 Å². The van der Waals surface area contributed by atoms with Gasteiger partial charge in [-0.25, -0.2) is 0 Å². The van der Waals surface area contributed by atoms with E-state index in [-0.39, 0.29) is 0 Å². The highest BCUT2D eigenvalue weighted by Crippen LogP contribution is 2.42. The molecule has 0 spiro atoms. The van der Waals surface area contributed by atoms with E-state index in [0.29, 0.717) is 36.4 Å². The van der Waals surface area contributed by atoms with Crippen molar-refractivity contribution < 1.29 is 14.3 Å². The van der Waals surface area contributed by atoms with E-state index in [1.165, 1.54) is 0 Å². The molecule has 1 rings (SSSR count). The summed E-state index contributed by atoms with van der Waals surface area (Å²) in [4.78, 5) is 0. The predicted molar refractivity (Wildman–Crippen MR) is 99.1 cm³/mol. The fraction of sp³-hybridized carbons (Fsp3) is 0.684. The third-order valence-corrected chi connectivity index (χ3v) is 10.7. The van der Waals surface area contributed by atoms with Crippen LogP contribution in [0.25, 0.3) is 0 Å². The summed E-state index contributed by atoms with van der Waals surface area (Å²) in [5, 5.41) is 10.2. The summed E-state index contributed by atoms with van der Waals surface area (Å²) in [6, 6.07) is 10.0. The van der Waals surface area contributed by atoms with Crippen molar-refractivity contribution in [3.8, 4) is 0 Å². The number of hydrogen-bond donors (Lipinski definition) is 1. The zero-order chi connectivity index (χ0) is 17.5. The van der Waals surface area contributed by atoms with Crippen molar-refractivity contribution in [3.05, 3.63) is 35.9 Å². The molecule has 23 heavy (non-hydrogen) atoms. The molecular weight excluding hydrogens is 304 g/mol. The maximum Gasteiger partial charge on any atom is 0.200 e. The van der Waals surface area contributed by atoms with E-state index in [9.17, 15) is 5.11 Å². The summed E-state index contributed by atoms with van der Waals surface area (Å²) in [5.74, 6) is 0. The van der Waals surface area contributed by atoms with Crippen LogP contribution in [-0.4, -0.2) is 32.7 Å². The van der Waals surface area contributed by atoms with Crippen LogP contribution in [-0.2, 0) is 15.8 Å². The molecule has 132 valence electrons. The number of ether oxygens (including phenoxy) is 1. The lowest BCUT2D eigenvalue weighted by molar-refractivity contribution is 0.00197. The lowest BCUT2D eigenvalue weighted by Gasteiger charge is -2.42. The Morgan fingerprint density at radius 1 is 0.870 bits per heavy atom. The first-order valence-corrected chi connectivity index (χ1v) is 10.9. The van der Waals surface area contributed by atoms with E-state index >= 15 is 0 Å². The third-order valence-electron chi connectivity index (χ3n) is 4.65. The minimum atomic E-state index is -1.91. The van der Waals surface area contributed by atoms with Crippen LogP contribution in [0.3, 0.4) is 0 Å². The van der Waals surface area contributed by atoms with Crippen LogP contribution in [0.4, 0.5) is 0 Å². The molecule has 1 aromatic carbocycles. The predicted octanol–water partition coefficient (Wildman–Crippen LogP) is 4.76. The van der Waals surface area contributed by atoms with Gasteiger partial charge in [0, 0.05) is 0 Å². The van der Waals surface area contributed by atoms with Gasteiger partial charge in [0.15, 0.2) is 8.32 Å². The molecule has 0 aromatic heterocycles. The highest BCUT2D eigenvalue weighted by molar-refractivity contribution is 6.77. The second-order valence-electron chi connectivity index (χ2n) is 7.28. The van der Waals surface area contributed by atoms with Gasteiger partial charge in [-0.15, -0.1) is 0 Å². The minimum Gasteiger partial charge on any atom is -0.413 e. The summed E-state index contributed by atoms with van der Waals surface area (Å²) in [6.07, 6.45) is -0.568. The van der Waals surface area contributed by atoms with Crippen LogP contribution in [0.5, 0.6) is 0 Å². The zero-order valence-corrected chi connectivity index (χ0v) is 16.6. The first-order valence-electron chi connectivity index (χ1n) is 8.74. The van der Waals surface area contributed by atoms with Gasteiger partial charge in [-0.1, -0.05) is 71.9 Å². The Kier molecular flexibility index (Phi) is 8.48. The number of hydrogen-bond acceptors (Lipinski definition) is 3. The average molecular weight is 339 g/mol. The van der Waals surface area contributed by atoms with Gasteiger partial charge in [-0.05, 0) is 22.2 Å². The van der Waals surface area contributed by atoms with Crippen molar-refractivity contribution >= 4 is 8.32 Å². The van der Waals surface area contributed by atoms with Gasteiger partial charge in [0.05, 0.1) is 25.9 Å². The second kappa shape index (κ2) is 9.57. The first-order chi connectivity index (χ1) is 10.8. The Labute approximate surface area is 143 Å². The summed E-state index contributed by atoms with van der Waals surface area (Å²) < 4.78 is 12.0. The topological polar surface area (TPSA) is 38.7 Å². The molecule has 0 unspecified atom stereocenters. The monoisotopic (exact) mass is 338 g/mol. The second-order valence-corrected chi connectivity index (χ2v) is 12.7. The van der Waals surface area contributed by atoms with Crippen molar-refractivity contribution in [2.75, 3.05) is 13.2 Å². The number of aliphatic hydroxyl groups excluding tert-OH is 1. The van der Waals surface area contributed by atoms with Gasteiger partial charge in [-0.3, -0.25) is 0 Å². The quantitative estimate of drug-likeness (QED) is 0.625. The van der Waals surface area contributed by atoms with Crippen LogP contribution >= 0.6 is 0 Å². The molecule has 1 N–H and O–H groups in total. The van der Waals surface area contributed by atoms with Crippen molar-refractivity contribution in [2.45, 2.75) is 70.9 Å². The van der Waals surface area contributed by atoms with Crippen LogP contribution in [0.2, 0.25) is 16.6 Å². The van der Waals surface area contributed by atoms with Crippen molar-refractivity contribution in [1.82, 2.24) is 0 Å². The maximum absolute atomic E-state index is 10.2. The Morgan fingerprint density at radius 2 is 1.39 bits per heavy atom. The van der Waals surface area contributed by atoms with Crippen LogP contribution < -0.4 is 0 Å². The lowest BCUT2D eigenvalue weighted by Crippen LogP contribution is -2.49. The van der Waals surface area contributed by atoms with E-state index in [1.54, 1.807) is 0 Å². The summed E-state index contributed by atoms with van der Waals surface area (Å²) in [5.41, 5.74) is 2.70. The summed E-state index contributed by atoms with van der Waals surface area (Å²) >= 11 is 0. The molecule has 0 bridgehead atoms. The van der Waals surface area contributed by atoms with E-state index in [1.807, 2.05) is 30.3 Å². The number of rotatable bonds is 10. The molecule has 0 aliphatic heterocycles. The van der Waals surface area contributed by atoms with Crippen LogP contribution in [0, 0.1) is 0 Å². The van der Waals surface area contributed by atoms with Crippen molar-refractivity contribution in [1.29, 1.82) is 0 Å².